The smallest absolute Gasteiger partial charge is 0.253 e. The van der Waals surface area contributed by atoms with Crippen molar-refractivity contribution in [3.8, 4) is 0 Å². The molecule has 1 aliphatic heterocycles. The fourth-order valence-corrected chi connectivity index (χ4v) is 4.97. The highest BCUT2D eigenvalue weighted by atomic mass is 16.2. The fourth-order valence-electron chi connectivity index (χ4n) is 4.97. The molecule has 2 amide bonds. The molecule has 1 aromatic heterocycles. The number of hydrogen-bond donors (Lipinski definition) is 1. The summed E-state index contributed by atoms with van der Waals surface area (Å²) in [5.74, 6) is -0.0381. The second kappa shape index (κ2) is 8.73. The largest absolute Gasteiger partial charge is 0.339 e. The standard InChI is InChI=1S/C25H29N5O2/c1-17-6-2-5-9-21(17)26-24(31)18-12-14-29(15-13-18)25(32)19-10-11-23-22(16-19)27-28-30(23)20-7-3-4-8-20/h2,5-6,9-11,16,18,20H,3-4,7-8,12-15H2,1H3,(H,26,31). The number of aryl methyl sites for hydroxylation is 1. The van der Waals surface area contributed by atoms with E-state index >= 15 is 0 Å². The third kappa shape index (κ3) is 3.99. The Bertz CT molecular complexity index is 1140. The van der Waals surface area contributed by atoms with Crippen LogP contribution in [0.25, 0.3) is 11.0 Å². The van der Waals surface area contributed by atoms with Crippen molar-refractivity contribution in [1.29, 1.82) is 0 Å². The molecule has 2 fully saturated rings. The predicted octanol–water partition coefficient (Wildman–Crippen LogP) is 4.35. The Morgan fingerprint density at radius 3 is 2.50 bits per heavy atom. The molecule has 2 aromatic carbocycles. The molecule has 2 heterocycles. The van der Waals surface area contributed by atoms with Crippen LogP contribution < -0.4 is 5.32 Å². The summed E-state index contributed by atoms with van der Waals surface area (Å²) < 4.78 is 2.02. The number of likely N-dealkylation sites (tertiary alicyclic amines) is 1. The van der Waals surface area contributed by atoms with Crippen LogP contribution in [0.4, 0.5) is 5.69 Å². The van der Waals surface area contributed by atoms with Gasteiger partial charge in [0.25, 0.3) is 5.91 Å². The van der Waals surface area contributed by atoms with Crippen molar-refractivity contribution in [2.45, 2.75) is 51.5 Å². The van der Waals surface area contributed by atoms with E-state index < -0.39 is 0 Å². The van der Waals surface area contributed by atoms with E-state index in [-0.39, 0.29) is 17.7 Å². The fraction of sp³-hybridized carbons (Fsp3) is 0.440. The average Bonchev–Trinajstić information content (AvgIpc) is 3.49. The molecule has 3 aromatic rings. The molecule has 0 bridgehead atoms. The van der Waals surface area contributed by atoms with E-state index in [1.165, 1.54) is 12.8 Å². The van der Waals surface area contributed by atoms with E-state index in [9.17, 15) is 9.59 Å². The topological polar surface area (TPSA) is 80.1 Å². The number of hydrogen-bond acceptors (Lipinski definition) is 4. The van der Waals surface area contributed by atoms with Crippen molar-refractivity contribution < 1.29 is 9.59 Å². The quantitative estimate of drug-likeness (QED) is 0.666. The molecule has 0 atom stereocenters. The maximum Gasteiger partial charge on any atom is 0.253 e. The van der Waals surface area contributed by atoms with Gasteiger partial charge in [0.1, 0.15) is 5.52 Å². The highest BCUT2D eigenvalue weighted by Crippen LogP contribution is 2.31. The van der Waals surface area contributed by atoms with Gasteiger partial charge in [0.05, 0.1) is 11.6 Å². The summed E-state index contributed by atoms with van der Waals surface area (Å²) >= 11 is 0. The first-order chi connectivity index (χ1) is 15.6. The summed E-state index contributed by atoms with van der Waals surface area (Å²) in [7, 11) is 0. The van der Waals surface area contributed by atoms with Crippen molar-refractivity contribution in [1.82, 2.24) is 19.9 Å². The Kier molecular flexibility index (Phi) is 5.64. The summed E-state index contributed by atoms with van der Waals surface area (Å²) in [4.78, 5) is 27.6. The molecular formula is C25H29N5O2. The van der Waals surface area contributed by atoms with Crippen LogP contribution in [0, 0.1) is 12.8 Å². The van der Waals surface area contributed by atoms with Crippen molar-refractivity contribution in [2.75, 3.05) is 18.4 Å². The van der Waals surface area contributed by atoms with E-state index in [1.807, 2.05) is 59.0 Å². The first-order valence-corrected chi connectivity index (χ1v) is 11.6. The van der Waals surface area contributed by atoms with Crippen LogP contribution in [0.15, 0.2) is 42.5 Å². The molecule has 1 aliphatic carbocycles. The van der Waals surface area contributed by atoms with Gasteiger partial charge in [0.2, 0.25) is 5.91 Å². The number of rotatable bonds is 4. The normalized spacial score (nSPS) is 17.7. The van der Waals surface area contributed by atoms with Gasteiger partial charge >= 0.3 is 0 Å². The summed E-state index contributed by atoms with van der Waals surface area (Å²) in [6, 6.07) is 13.9. The number of benzene rings is 2. The molecule has 166 valence electrons. The molecule has 32 heavy (non-hydrogen) atoms. The van der Waals surface area contributed by atoms with E-state index in [1.54, 1.807) is 0 Å². The van der Waals surface area contributed by atoms with Crippen LogP contribution in [0.1, 0.15) is 60.5 Å². The molecule has 1 saturated carbocycles. The van der Waals surface area contributed by atoms with Gasteiger partial charge in [0, 0.05) is 30.3 Å². The van der Waals surface area contributed by atoms with Crippen LogP contribution in [0.3, 0.4) is 0 Å². The molecule has 1 saturated heterocycles. The second-order valence-electron chi connectivity index (χ2n) is 9.05. The lowest BCUT2D eigenvalue weighted by atomic mass is 9.95. The molecule has 0 radical (unpaired) electrons. The first kappa shape index (κ1) is 20.7. The number of para-hydroxylation sites is 1. The molecule has 0 unspecified atom stereocenters. The highest BCUT2D eigenvalue weighted by molar-refractivity contribution is 5.98. The molecule has 7 heteroatoms. The van der Waals surface area contributed by atoms with Gasteiger partial charge < -0.3 is 10.2 Å². The lowest BCUT2D eigenvalue weighted by molar-refractivity contribution is -0.121. The third-order valence-electron chi connectivity index (χ3n) is 6.94. The van der Waals surface area contributed by atoms with Gasteiger partial charge in [0.15, 0.2) is 0 Å². The number of carbonyl (C=O) groups excluding carboxylic acids is 2. The Balaban J connectivity index is 1.22. The lowest BCUT2D eigenvalue weighted by Gasteiger charge is -2.31. The van der Waals surface area contributed by atoms with Gasteiger partial charge in [-0.15, -0.1) is 5.10 Å². The van der Waals surface area contributed by atoms with Gasteiger partial charge in [-0.3, -0.25) is 9.59 Å². The summed E-state index contributed by atoms with van der Waals surface area (Å²) in [6.07, 6.45) is 6.10. The highest BCUT2D eigenvalue weighted by Gasteiger charge is 2.28. The van der Waals surface area contributed by atoms with Crippen LogP contribution in [0.2, 0.25) is 0 Å². The minimum absolute atomic E-state index is 0.0000726. The summed E-state index contributed by atoms with van der Waals surface area (Å²) in [6.45, 7) is 3.15. The van der Waals surface area contributed by atoms with Crippen LogP contribution in [0.5, 0.6) is 0 Å². The van der Waals surface area contributed by atoms with Crippen molar-refractivity contribution >= 4 is 28.5 Å². The van der Waals surface area contributed by atoms with Crippen molar-refractivity contribution in [3.63, 3.8) is 0 Å². The Hall–Kier alpha value is -3.22. The van der Waals surface area contributed by atoms with Crippen molar-refractivity contribution in [2.24, 2.45) is 5.92 Å². The molecule has 0 spiro atoms. The zero-order valence-corrected chi connectivity index (χ0v) is 18.5. The van der Waals surface area contributed by atoms with Crippen LogP contribution >= 0.6 is 0 Å². The maximum atomic E-state index is 13.1. The Labute approximate surface area is 187 Å². The van der Waals surface area contributed by atoms with Gasteiger partial charge in [-0.1, -0.05) is 36.3 Å². The lowest BCUT2D eigenvalue weighted by Crippen LogP contribution is -2.41. The third-order valence-corrected chi connectivity index (χ3v) is 6.94. The predicted molar refractivity (Wildman–Crippen MR) is 123 cm³/mol. The van der Waals surface area contributed by atoms with Crippen LogP contribution in [-0.2, 0) is 4.79 Å². The minimum Gasteiger partial charge on any atom is -0.339 e. The molecule has 7 nitrogen and oxygen atoms in total. The Morgan fingerprint density at radius 1 is 1.00 bits per heavy atom. The second-order valence-corrected chi connectivity index (χ2v) is 9.05. The maximum absolute atomic E-state index is 13.1. The minimum atomic E-state index is -0.0764. The number of fused-ring (bicyclic) bond motifs is 1. The average molecular weight is 432 g/mol. The number of nitrogens with zero attached hydrogens (tertiary/aromatic N) is 4. The number of aromatic nitrogens is 3. The molecule has 5 rings (SSSR count). The number of carbonyl (C=O) groups is 2. The summed E-state index contributed by atoms with van der Waals surface area (Å²) in [5, 5.41) is 11.7. The van der Waals surface area contributed by atoms with Gasteiger partial charge in [-0.2, -0.15) is 0 Å². The summed E-state index contributed by atoms with van der Waals surface area (Å²) in [5.41, 5.74) is 4.32. The molecule has 2 aliphatic rings. The number of anilines is 1. The number of amides is 2. The number of piperidine rings is 1. The zero-order valence-electron chi connectivity index (χ0n) is 18.5. The van der Waals surface area contributed by atoms with Gasteiger partial charge in [-0.05, 0) is 62.4 Å². The molecular weight excluding hydrogens is 402 g/mol. The van der Waals surface area contributed by atoms with E-state index in [2.05, 4.69) is 15.6 Å². The van der Waals surface area contributed by atoms with E-state index in [4.69, 9.17) is 0 Å². The van der Waals surface area contributed by atoms with Crippen molar-refractivity contribution in [3.05, 3.63) is 53.6 Å². The van der Waals surface area contributed by atoms with Crippen LogP contribution in [-0.4, -0.2) is 44.8 Å². The first-order valence-electron chi connectivity index (χ1n) is 11.6. The Morgan fingerprint density at radius 2 is 1.75 bits per heavy atom. The monoisotopic (exact) mass is 431 g/mol. The SMILES string of the molecule is Cc1ccccc1NC(=O)C1CCN(C(=O)c2ccc3c(c2)nnn3C2CCCC2)CC1. The van der Waals surface area contributed by atoms with E-state index in [0.717, 1.165) is 35.1 Å². The van der Waals surface area contributed by atoms with E-state index in [0.29, 0.717) is 37.5 Å². The number of nitrogens with one attached hydrogen (secondary N) is 1. The zero-order chi connectivity index (χ0) is 22.1. The molecule has 1 N–H and O–H groups in total. The van der Waals surface area contributed by atoms with Gasteiger partial charge in [-0.25, -0.2) is 4.68 Å².